The summed E-state index contributed by atoms with van der Waals surface area (Å²) in [4.78, 5) is 11.3. The number of halogens is 1. The molecule has 0 amide bonds. The van der Waals surface area contributed by atoms with Crippen LogP contribution in [-0.4, -0.2) is 20.2 Å². The summed E-state index contributed by atoms with van der Waals surface area (Å²) >= 11 is 5.94. The summed E-state index contributed by atoms with van der Waals surface area (Å²) in [6, 6.07) is 4.11. The number of esters is 1. The molecule has 0 saturated heterocycles. The minimum absolute atomic E-state index is 0.382. The smallest absolute Gasteiger partial charge is 0.327 e. The third-order valence-electron chi connectivity index (χ3n) is 2.00. The number of ether oxygens (including phenoxy) is 2. The van der Waals surface area contributed by atoms with E-state index in [0.29, 0.717) is 16.3 Å². The summed E-state index contributed by atoms with van der Waals surface area (Å²) in [7, 11) is 2.75. The number of benzene rings is 1. The molecule has 0 spiro atoms. The van der Waals surface area contributed by atoms with Crippen LogP contribution in [0.2, 0.25) is 5.02 Å². The van der Waals surface area contributed by atoms with Crippen molar-refractivity contribution in [3.63, 3.8) is 0 Å². The number of nitrogens with two attached hydrogens (primary N) is 1. The Morgan fingerprint density at radius 3 is 2.67 bits per heavy atom. The molecule has 0 heterocycles. The van der Waals surface area contributed by atoms with Gasteiger partial charge in [0.05, 0.1) is 14.2 Å². The average molecular weight is 230 g/mol. The van der Waals surface area contributed by atoms with E-state index in [1.807, 2.05) is 0 Å². The fraction of sp³-hybridized carbons (Fsp3) is 0.300. The van der Waals surface area contributed by atoms with Gasteiger partial charge in [-0.05, 0) is 12.1 Å². The first-order valence-corrected chi connectivity index (χ1v) is 4.65. The maximum Gasteiger partial charge on any atom is 0.327 e. The minimum atomic E-state index is -0.932. The quantitative estimate of drug-likeness (QED) is 0.799. The zero-order valence-electron chi connectivity index (χ0n) is 8.49. The fourth-order valence-electron chi connectivity index (χ4n) is 1.24. The number of carbonyl (C=O) groups excluding carboxylic acids is 1. The topological polar surface area (TPSA) is 61.5 Å². The molecule has 4 nitrogen and oxygen atoms in total. The van der Waals surface area contributed by atoms with Crippen LogP contribution in [0.25, 0.3) is 0 Å². The van der Waals surface area contributed by atoms with Crippen molar-refractivity contribution in [2.45, 2.75) is 6.04 Å². The minimum Gasteiger partial charge on any atom is -0.496 e. The summed E-state index contributed by atoms with van der Waals surface area (Å²) in [6.45, 7) is 0. The Morgan fingerprint density at radius 2 is 2.13 bits per heavy atom. The van der Waals surface area contributed by atoms with Crippen LogP contribution in [0.3, 0.4) is 0 Å². The van der Waals surface area contributed by atoms with Crippen LogP contribution in [0.5, 0.6) is 5.75 Å². The Balaban J connectivity index is 3.16. The number of carbonyl (C=O) groups is 1. The van der Waals surface area contributed by atoms with Gasteiger partial charge in [-0.15, -0.1) is 0 Å². The number of hydrogen-bond acceptors (Lipinski definition) is 4. The van der Waals surface area contributed by atoms with Gasteiger partial charge in [-0.2, -0.15) is 0 Å². The van der Waals surface area contributed by atoms with E-state index in [-0.39, 0.29) is 0 Å². The number of hydrogen-bond donors (Lipinski definition) is 1. The van der Waals surface area contributed by atoms with Gasteiger partial charge in [0.1, 0.15) is 11.8 Å². The van der Waals surface area contributed by atoms with Crippen molar-refractivity contribution in [2.75, 3.05) is 14.2 Å². The zero-order valence-corrected chi connectivity index (χ0v) is 9.25. The van der Waals surface area contributed by atoms with Crippen LogP contribution in [0, 0.1) is 0 Å². The van der Waals surface area contributed by atoms with Gasteiger partial charge < -0.3 is 15.2 Å². The summed E-state index contributed by atoms with van der Waals surface area (Å²) in [5, 5.41) is 0.382. The monoisotopic (exact) mass is 229 g/mol. The van der Waals surface area contributed by atoms with Crippen LogP contribution in [0.15, 0.2) is 18.2 Å². The highest BCUT2D eigenvalue weighted by Gasteiger charge is 2.22. The van der Waals surface area contributed by atoms with E-state index in [2.05, 4.69) is 4.74 Å². The Hall–Kier alpha value is -1.26. The molecule has 82 valence electrons. The molecule has 1 unspecified atom stereocenters. The van der Waals surface area contributed by atoms with Crippen LogP contribution in [0.4, 0.5) is 0 Å². The molecule has 1 aromatic carbocycles. The van der Waals surface area contributed by atoms with Crippen molar-refractivity contribution >= 4 is 17.6 Å². The van der Waals surface area contributed by atoms with Gasteiger partial charge in [-0.1, -0.05) is 17.7 Å². The molecule has 0 radical (unpaired) electrons. The second-order valence-corrected chi connectivity index (χ2v) is 3.26. The van der Waals surface area contributed by atoms with Crippen LogP contribution < -0.4 is 10.5 Å². The van der Waals surface area contributed by atoms with E-state index >= 15 is 0 Å². The summed E-state index contributed by atoms with van der Waals surface area (Å²) < 4.78 is 9.61. The van der Waals surface area contributed by atoms with Crippen molar-refractivity contribution in [3.8, 4) is 5.75 Å². The predicted octanol–water partition coefficient (Wildman–Crippen LogP) is 1.52. The molecule has 1 atom stereocenters. The van der Waals surface area contributed by atoms with Gasteiger partial charge in [-0.3, -0.25) is 4.79 Å². The van der Waals surface area contributed by atoms with E-state index in [4.69, 9.17) is 22.1 Å². The SMILES string of the molecule is COC(=O)C(N)c1c(Cl)cccc1OC. The lowest BCUT2D eigenvalue weighted by Gasteiger charge is -2.14. The van der Waals surface area contributed by atoms with Crippen molar-refractivity contribution < 1.29 is 14.3 Å². The lowest BCUT2D eigenvalue weighted by Crippen LogP contribution is -2.23. The van der Waals surface area contributed by atoms with Gasteiger partial charge in [0.2, 0.25) is 0 Å². The van der Waals surface area contributed by atoms with E-state index in [1.165, 1.54) is 14.2 Å². The van der Waals surface area contributed by atoms with E-state index in [1.54, 1.807) is 18.2 Å². The molecule has 0 aliphatic rings. The summed E-state index contributed by atoms with van der Waals surface area (Å²) in [6.07, 6.45) is 0. The molecule has 15 heavy (non-hydrogen) atoms. The Morgan fingerprint density at radius 1 is 1.47 bits per heavy atom. The fourth-order valence-corrected chi connectivity index (χ4v) is 1.53. The largest absolute Gasteiger partial charge is 0.496 e. The summed E-state index contributed by atoms with van der Waals surface area (Å²) in [5.41, 5.74) is 6.13. The third kappa shape index (κ3) is 2.40. The third-order valence-corrected chi connectivity index (χ3v) is 2.33. The molecule has 0 saturated carbocycles. The number of methoxy groups -OCH3 is 2. The van der Waals surface area contributed by atoms with Crippen LogP contribution >= 0.6 is 11.6 Å². The molecule has 0 fully saturated rings. The molecule has 2 N–H and O–H groups in total. The highest BCUT2D eigenvalue weighted by molar-refractivity contribution is 6.31. The molecule has 0 aliphatic heterocycles. The first kappa shape index (κ1) is 11.8. The normalized spacial score (nSPS) is 12.0. The first-order chi connectivity index (χ1) is 7.11. The lowest BCUT2D eigenvalue weighted by molar-refractivity contribution is -0.142. The molecular formula is C10H12ClNO3. The molecule has 0 bridgehead atoms. The van der Waals surface area contributed by atoms with Crippen molar-refractivity contribution in [2.24, 2.45) is 5.73 Å². The van der Waals surface area contributed by atoms with Crippen molar-refractivity contribution in [3.05, 3.63) is 28.8 Å². The van der Waals surface area contributed by atoms with E-state index in [0.717, 1.165) is 0 Å². The highest BCUT2D eigenvalue weighted by atomic mass is 35.5. The van der Waals surface area contributed by atoms with Crippen LogP contribution in [0.1, 0.15) is 11.6 Å². The zero-order chi connectivity index (χ0) is 11.4. The Bertz CT molecular complexity index is 368. The molecule has 0 aromatic heterocycles. The maximum absolute atomic E-state index is 11.3. The standard InChI is InChI=1S/C10H12ClNO3/c1-14-7-5-3-4-6(11)8(7)9(12)10(13)15-2/h3-5,9H,12H2,1-2H3. The number of rotatable bonds is 3. The van der Waals surface area contributed by atoms with Crippen molar-refractivity contribution in [1.82, 2.24) is 0 Å². The Kier molecular flexibility index (Phi) is 3.94. The highest BCUT2D eigenvalue weighted by Crippen LogP contribution is 2.31. The lowest BCUT2D eigenvalue weighted by atomic mass is 10.1. The summed E-state index contributed by atoms with van der Waals surface area (Å²) in [5.74, 6) is -0.0817. The van der Waals surface area contributed by atoms with Gasteiger partial charge in [0.15, 0.2) is 0 Å². The van der Waals surface area contributed by atoms with Crippen molar-refractivity contribution in [1.29, 1.82) is 0 Å². The second kappa shape index (κ2) is 5.00. The Labute approximate surface area is 92.9 Å². The van der Waals surface area contributed by atoms with Crippen LogP contribution in [-0.2, 0) is 9.53 Å². The second-order valence-electron chi connectivity index (χ2n) is 2.86. The van der Waals surface area contributed by atoms with E-state index in [9.17, 15) is 4.79 Å². The van der Waals surface area contributed by atoms with Gasteiger partial charge in [0.25, 0.3) is 0 Å². The molecule has 1 aromatic rings. The molecule has 0 aliphatic carbocycles. The van der Waals surface area contributed by atoms with Gasteiger partial charge >= 0.3 is 5.97 Å². The predicted molar refractivity (Wildman–Crippen MR) is 56.9 cm³/mol. The van der Waals surface area contributed by atoms with E-state index < -0.39 is 12.0 Å². The molecular weight excluding hydrogens is 218 g/mol. The first-order valence-electron chi connectivity index (χ1n) is 4.27. The van der Waals surface area contributed by atoms with Gasteiger partial charge in [-0.25, -0.2) is 0 Å². The molecule has 5 heteroatoms. The average Bonchev–Trinajstić information content (AvgIpc) is 2.26. The maximum atomic E-state index is 11.3. The molecule has 1 rings (SSSR count). The van der Waals surface area contributed by atoms with Gasteiger partial charge in [0, 0.05) is 10.6 Å².